The number of benzene rings is 2. The van der Waals surface area contributed by atoms with Crippen LogP contribution in [0.4, 0.5) is 0 Å². The predicted octanol–water partition coefficient (Wildman–Crippen LogP) is 5.68. The summed E-state index contributed by atoms with van der Waals surface area (Å²) in [6.45, 7) is 2.50. The minimum atomic E-state index is -0.742. The van der Waals surface area contributed by atoms with E-state index in [0.717, 1.165) is 53.3 Å². The smallest absolute Gasteiger partial charge is 0.247 e. The molecule has 1 saturated carbocycles. The molecule has 0 unspecified atom stereocenters. The molecule has 38 heavy (non-hydrogen) atoms. The number of hydrogen-bond acceptors (Lipinski definition) is 3. The van der Waals surface area contributed by atoms with Gasteiger partial charge in [0.25, 0.3) is 0 Å². The van der Waals surface area contributed by atoms with Gasteiger partial charge in [-0.15, -0.1) is 0 Å². The van der Waals surface area contributed by atoms with Crippen LogP contribution in [0.15, 0.2) is 79.3 Å². The van der Waals surface area contributed by atoms with Crippen LogP contribution >= 0.6 is 0 Å². The fraction of sp³-hybridized carbons (Fsp3) is 0.344. The standard InChI is InChI=1S/C32H36N4O2/c1-23-9-7-10-24(19-23)16-18-36(30(37)20-26-22-34-29-15-6-5-14-28(26)29)31(25-11-8-17-33-21-25)32(38)35-27-12-3-2-4-13-27/h5-11,14-15,17,19,21-22,27,31,34H,2-4,12-13,16,18,20H2,1H3,(H,35,38)/t31-/m0/s1. The van der Waals surface area contributed by atoms with Crippen LogP contribution in [0.5, 0.6) is 0 Å². The molecule has 1 fully saturated rings. The first-order valence-electron chi connectivity index (χ1n) is 13.7. The molecular weight excluding hydrogens is 472 g/mol. The maximum Gasteiger partial charge on any atom is 0.247 e. The molecule has 2 aromatic carbocycles. The Kier molecular flexibility index (Phi) is 8.17. The maximum absolute atomic E-state index is 14.1. The first-order valence-corrected chi connectivity index (χ1v) is 13.7. The minimum absolute atomic E-state index is 0.0740. The third kappa shape index (κ3) is 6.13. The molecule has 5 rings (SSSR count). The van der Waals surface area contributed by atoms with E-state index in [-0.39, 0.29) is 24.3 Å². The number of aromatic amines is 1. The monoisotopic (exact) mass is 508 g/mol. The van der Waals surface area contributed by atoms with Crippen LogP contribution < -0.4 is 5.32 Å². The van der Waals surface area contributed by atoms with Gasteiger partial charge in [-0.05, 0) is 49.4 Å². The Morgan fingerprint density at radius 2 is 1.89 bits per heavy atom. The van der Waals surface area contributed by atoms with E-state index in [0.29, 0.717) is 13.0 Å². The minimum Gasteiger partial charge on any atom is -0.361 e. The van der Waals surface area contributed by atoms with Crippen LogP contribution in [0.3, 0.4) is 0 Å². The van der Waals surface area contributed by atoms with Crippen molar-refractivity contribution in [3.63, 3.8) is 0 Å². The van der Waals surface area contributed by atoms with Crippen LogP contribution in [0, 0.1) is 6.92 Å². The van der Waals surface area contributed by atoms with Gasteiger partial charge in [0.05, 0.1) is 6.42 Å². The average molecular weight is 509 g/mol. The van der Waals surface area contributed by atoms with Crippen molar-refractivity contribution in [1.29, 1.82) is 0 Å². The van der Waals surface area contributed by atoms with Gasteiger partial charge in [-0.3, -0.25) is 14.6 Å². The van der Waals surface area contributed by atoms with Crippen molar-refractivity contribution >= 4 is 22.7 Å². The Bertz CT molecular complexity index is 1370. The van der Waals surface area contributed by atoms with Crippen molar-refractivity contribution in [1.82, 2.24) is 20.2 Å². The number of rotatable bonds is 9. The molecule has 1 aliphatic carbocycles. The van der Waals surface area contributed by atoms with Gasteiger partial charge in [-0.1, -0.05) is 73.4 Å². The average Bonchev–Trinajstić information content (AvgIpc) is 3.34. The first-order chi connectivity index (χ1) is 18.6. The highest BCUT2D eigenvalue weighted by atomic mass is 16.2. The quantitative estimate of drug-likeness (QED) is 0.306. The fourth-order valence-electron chi connectivity index (χ4n) is 5.59. The van der Waals surface area contributed by atoms with Crippen LogP contribution in [0.2, 0.25) is 0 Å². The lowest BCUT2D eigenvalue weighted by Gasteiger charge is -2.33. The highest BCUT2D eigenvalue weighted by molar-refractivity contribution is 5.92. The van der Waals surface area contributed by atoms with Gasteiger partial charge in [0, 0.05) is 47.6 Å². The number of aromatic nitrogens is 2. The van der Waals surface area contributed by atoms with Gasteiger partial charge in [0.15, 0.2) is 0 Å². The molecule has 0 spiro atoms. The molecule has 6 nitrogen and oxygen atoms in total. The van der Waals surface area contributed by atoms with Gasteiger partial charge in [-0.2, -0.15) is 0 Å². The molecule has 1 aliphatic rings. The number of para-hydroxylation sites is 1. The summed E-state index contributed by atoms with van der Waals surface area (Å²) in [4.78, 5) is 37.3. The number of nitrogens with one attached hydrogen (secondary N) is 2. The molecule has 2 aromatic heterocycles. The second-order valence-electron chi connectivity index (χ2n) is 10.4. The third-order valence-electron chi connectivity index (χ3n) is 7.57. The first kappa shape index (κ1) is 25.7. The molecule has 0 aliphatic heterocycles. The SMILES string of the molecule is Cc1cccc(CCN(C(=O)Cc2c[nH]c3ccccc23)[C@H](C(=O)NC2CCCCC2)c2cccnc2)c1. The Morgan fingerprint density at radius 1 is 1.05 bits per heavy atom. The summed E-state index contributed by atoms with van der Waals surface area (Å²) in [7, 11) is 0. The van der Waals surface area contributed by atoms with E-state index in [9.17, 15) is 9.59 Å². The Hall–Kier alpha value is -3.93. The lowest BCUT2D eigenvalue weighted by molar-refractivity contribution is -0.140. The molecule has 4 aromatic rings. The molecule has 1 atom stereocenters. The van der Waals surface area contributed by atoms with Crippen LogP contribution in [-0.2, 0) is 22.4 Å². The van der Waals surface area contributed by atoms with Crippen LogP contribution in [-0.4, -0.2) is 39.3 Å². The van der Waals surface area contributed by atoms with Crippen LogP contribution in [0.1, 0.15) is 60.4 Å². The van der Waals surface area contributed by atoms with Crippen molar-refractivity contribution in [3.05, 3.63) is 102 Å². The normalized spacial score (nSPS) is 14.8. The number of carbonyl (C=O) groups excluding carboxylic acids is 2. The van der Waals surface area contributed by atoms with E-state index in [1.807, 2.05) is 48.7 Å². The van der Waals surface area contributed by atoms with E-state index in [1.165, 1.54) is 12.0 Å². The summed E-state index contributed by atoms with van der Waals surface area (Å²) in [6.07, 6.45) is 11.6. The number of pyridine rings is 1. The topological polar surface area (TPSA) is 78.1 Å². The summed E-state index contributed by atoms with van der Waals surface area (Å²) >= 11 is 0. The highest BCUT2D eigenvalue weighted by Gasteiger charge is 2.33. The van der Waals surface area contributed by atoms with Crippen molar-refractivity contribution in [2.45, 2.75) is 64.0 Å². The van der Waals surface area contributed by atoms with Crippen molar-refractivity contribution in [3.8, 4) is 0 Å². The molecule has 0 bridgehead atoms. The Balaban J connectivity index is 1.46. The van der Waals surface area contributed by atoms with Crippen LogP contribution in [0.25, 0.3) is 10.9 Å². The molecule has 0 saturated heterocycles. The zero-order chi connectivity index (χ0) is 26.3. The number of aryl methyl sites for hydroxylation is 1. The predicted molar refractivity (Wildman–Crippen MR) is 151 cm³/mol. The van der Waals surface area contributed by atoms with Crippen molar-refractivity contribution < 1.29 is 9.59 Å². The van der Waals surface area contributed by atoms with E-state index in [2.05, 4.69) is 40.4 Å². The van der Waals surface area contributed by atoms with E-state index >= 15 is 0 Å². The fourth-order valence-corrected chi connectivity index (χ4v) is 5.59. The molecular formula is C32H36N4O2. The largest absolute Gasteiger partial charge is 0.361 e. The number of fused-ring (bicyclic) bond motifs is 1. The lowest BCUT2D eigenvalue weighted by atomic mass is 9.94. The van der Waals surface area contributed by atoms with Gasteiger partial charge < -0.3 is 15.2 Å². The zero-order valence-corrected chi connectivity index (χ0v) is 22.0. The number of nitrogens with zero attached hydrogens (tertiary/aromatic N) is 2. The molecule has 196 valence electrons. The summed E-state index contributed by atoms with van der Waals surface area (Å²) < 4.78 is 0. The second kappa shape index (κ2) is 12.1. The molecule has 6 heteroatoms. The van der Waals surface area contributed by atoms with E-state index in [4.69, 9.17) is 0 Å². The number of H-pyrrole nitrogens is 1. The number of carbonyl (C=O) groups is 2. The summed E-state index contributed by atoms with van der Waals surface area (Å²) in [6, 6.07) is 19.5. The Morgan fingerprint density at radius 3 is 2.68 bits per heavy atom. The molecule has 2 heterocycles. The van der Waals surface area contributed by atoms with E-state index in [1.54, 1.807) is 17.3 Å². The number of amides is 2. The van der Waals surface area contributed by atoms with E-state index < -0.39 is 6.04 Å². The van der Waals surface area contributed by atoms with Gasteiger partial charge in [0.1, 0.15) is 6.04 Å². The molecule has 0 radical (unpaired) electrons. The summed E-state index contributed by atoms with van der Waals surface area (Å²) in [5, 5.41) is 4.31. The molecule has 2 N–H and O–H groups in total. The second-order valence-corrected chi connectivity index (χ2v) is 10.4. The van der Waals surface area contributed by atoms with Crippen molar-refractivity contribution in [2.75, 3.05) is 6.54 Å². The Labute approximate surface area is 224 Å². The summed E-state index contributed by atoms with van der Waals surface area (Å²) in [5.74, 6) is -0.198. The van der Waals surface area contributed by atoms with Gasteiger partial charge >= 0.3 is 0 Å². The lowest BCUT2D eigenvalue weighted by Crippen LogP contribution is -2.48. The maximum atomic E-state index is 14.1. The molecule has 2 amide bonds. The van der Waals surface area contributed by atoms with Crippen molar-refractivity contribution in [2.24, 2.45) is 0 Å². The van der Waals surface area contributed by atoms with Gasteiger partial charge in [-0.25, -0.2) is 0 Å². The zero-order valence-electron chi connectivity index (χ0n) is 22.0. The number of hydrogen-bond donors (Lipinski definition) is 2. The highest BCUT2D eigenvalue weighted by Crippen LogP contribution is 2.26. The third-order valence-corrected chi connectivity index (χ3v) is 7.57. The summed E-state index contributed by atoms with van der Waals surface area (Å²) in [5.41, 5.74) is 4.99. The van der Waals surface area contributed by atoms with Gasteiger partial charge in [0.2, 0.25) is 11.8 Å².